The number of anilines is 1. The number of aromatic nitrogens is 4. The van der Waals surface area contributed by atoms with Gasteiger partial charge in [0.15, 0.2) is 11.5 Å². The molecule has 0 saturated carbocycles. The molecule has 0 bridgehead atoms. The molecule has 21 heavy (non-hydrogen) atoms. The van der Waals surface area contributed by atoms with Crippen LogP contribution in [-0.4, -0.2) is 37.4 Å². The van der Waals surface area contributed by atoms with Gasteiger partial charge in [-0.25, -0.2) is 9.78 Å². The highest BCUT2D eigenvalue weighted by molar-refractivity contribution is 5.85. The van der Waals surface area contributed by atoms with Gasteiger partial charge in [0.2, 0.25) is 0 Å². The number of pyridine rings is 1. The Hall–Kier alpha value is -2.44. The molecule has 0 aromatic carbocycles. The average Bonchev–Trinajstić information content (AvgIpc) is 2.90. The molecule has 110 valence electrons. The quantitative estimate of drug-likeness (QED) is 0.921. The maximum atomic E-state index is 11.0. The zero-order chi connectivity index (χ0) is 15.0. The first-order valence-electron chi connectivity index (χ1n) is 6.93. The molecule has 2 aromatic heterocycles. The molecule has 3 rings (SSSR count). The summed E-state index contributed by atoms with van der Waals surface area (Å²) < 4.78 is 2.14. The van der Waals surface area contributed by atoms with Crippen molar-refractivity contribution < 1.29 is 9.90 Å². The molecule has 1 aliphatic rings. The number of fused-ring (bicyclic) bond motifs is 1. The minimum atomic E-state index is -1.01. The van der Waals surface area contributed by atoms with Crippen LogP contribution in [0, 0.1) is 0 Å². The van der Waals surface area contributed by atoms with Crippen LogP contribution >= 0.6 is 0 Å². The van der Waals surface area contributed by atoms with E-state index >= 15 is 0 Å². The van der Waals surface area contributed by atoms with E-state index in [1.807, 2.05) is 11.0 Å². The van der Waals surface area contributed by atoms with E-state index in [2.05, 4.69) is 33.6 Å². The van der Waals surface area contributed by atoms with Gasteiger partial charge in [-0.15, -0.1) is 10.2 Å². The second-order valence-corrected chi connectivity index (χ2v) is 5.39. The first-order chi connectivity index (χ1) is 10.1. The topological polar surface area (TPSA) is 84.1 Å². The molecule has 0 radical (unpaired) electrons. The molecule has 0 saturated heterocycles. The van der Waals surface area contributed by atoms with Gasteiger partial charge in [-0.2, -0.15) is 0 Å². The summed E-state index contributed by atoms with van der Waals surface area (Å²) in [6.07, 6.45) is 0. The fourth-order valence-electron chi connectivity index (χ4n) is 2.52. The number of carboxylic acids is 1. The fourth-order valence-corrected chi connectivity index (χ4v) is 2.52. The van der Waals surface area contributed by atoms with E-state index in [1.165, 1.54) is 6.07 Å². The maximum Gasteiger partial charge on any atom is 0.354 e. The predicted molar refractivity (Wildman–Crippen MR) is 76.4 cm³/mol. The van der Waals surface area contributed by atoms with E-state index in [4.69, 9.17) is 5.11 Å². The third kappa shape index (κ3) is 2.46. The van der Waals surface area contributed by atoms with Gasteiger partial charge < -0.3 is 14.6 Å². The molecule has 2 aromatic rings. The molecule has 7 heteroatoms. The Labute approximate surface area is 122 Å². The normalized spacial score (nSPS) is 14.3. The minimum absolute atomic E-state index is 0.0578. The number of carbonyl (C=O) groups is 1. The number of carboxylic acid groups (broad SMARTS) is 1. The van der Waals surface area contributed by atoms with E-state index in [1.54, 1.807) is 6.07 Å². The smallest absolute Gasteiger partial charge is 0.354 e. The molecule has 0 amide bonds. The highest BCUT2D eigenvalue weighted by atomic mass is 16.4. The van der Waals surface area contributed by atoms with Gasteiger partial charge in [-0.05, 0) is 12.1 Å². The van der Waals surface area contributed by atoms with Crippen molar-refractivity contribution in [1.29, 1.82) is 0 Å². The number of rotatable bonds is 3. The predicted octanol–water partition coefficient (Wildman–Crippen LogP) is 1.51. The number of hydrogen-bond donors (Lipinski definition) is 1. The summed E-state index contributed by atoms with van der Waals surface area (Å²) in [5.41, 5.74) is 0.0578. The lowest BCUT2D eigenvalue weighted by atomic mass is 10.2. The van der Waals surface area contributed by atoms with Crippen LogP contribution in [0.15, 0.2) is 18.2 Å². The van der Waals surface area contributed by atoms with Crippen molar-refractivity contribution in [2.24, 2.45) is 0 Å². The number of hydrogen-bond acceptors (Lipinski definition) is 5. The largest absolute Gasteiger partial charge is 0.477 e. The lowest BCUT2D eigenvalue weighted by Crippen LogP contribution is -2.35. The van der Waals surface area contributed by atoms with Gasteiger partial charge in [-0.3, -0.25) is 0 Å². The van der Waals surface area contributed by atoms with Crippen LogP contribution in [0.25, 0.3) is 0 Å². The van der Waals surface area contributed by atoms with Crippen LogP contribution in [0.5, 0.6) is 0 Å². The van der Waals surface area contributed by atoms with Crippen LogP contribution in [0.3, 0.4) is 0 Å². The highest BCUT2D eigenvalue weighted by Gasteiger charge is 2.23. The number of aromatic carboxylic acids is 1. The van der Waals surface area contributed by atoms with Gasteiger partial charge in [0.1, 0.15) is 11.6 Å². The molecule has 1 aliphatic heterocycles. The van der Waals surface area contributed by atoms with E-state index in [9.17, 15) is 4.79 Å². The minimum Gasteiger partial charge on any atom is -0.477 e. The molecule has 0 fully saturated rings. The Balaban J connectivity index is 1.86. The molecule has 7 nitrogen and oxygen atoms in total. The monoisotopic (exact) mass is 287 g/mol. The van der Waals surface area contributed by atoms with E-state index < -0.39 is 5.97 Å². The van der Waals surface area contributed by atoms with Crippen molar-refractivity contribution in [2.45, 2.75) is 32.9 Å². The fraction of sp³-hybridized carbons (Fsp3) is 0.429. The third-order valence-corrected chi connectivity index (χ3v) is 3.58. The van der Waals surface area contributed by atoms with Crippen LogP contribution in [-0.2, 0) is 13.1 Å². The maximum absolute atomic E-state index is 11.0. The molecule has 3 heterocycles. The standard InChI is InChI=1S/C14H17N5O2/c1-9(2)13-17-16-12-8-18(6-7-19(12)13)11-5-3-4-10(15-11)14(20)21/h3-5,9H,6-8H2,1-2H3,(H,20,21). The lowest BCUT2D eigenvalue weighted by molar-refractivity contribution is 0.0690. The average molecular weight is 287 g/mol. The SMILES string of the molecule is CC(C)c1nnc2n1CCN(c1cccc(C(=O)O)n1)C2. The van der Waals surface area contributed by atoms with Crippen molar-refractivity contribution >= 4 is 11.8 Å². The summed E-state index contributed by atoms with van der Waals surface area (Å²) in [4.78, 5) is 17.2. The second kappa shape index (κ2) is 5.16. The lowest BCUT2D eigenvalue weighted by Gasteiger charge is -2.29. The first-order valence-corrected chi connectivity index (χ1v) is 6.93. The van der Waals surface area contributed by atoms with E-state index in [0.717, 1.165) is 24.7 Å². The summed E-state index contributed by atoms with van der Waals surface area (Å²) in [5.74, 6) is 1.88. The van der Waals surface area contributed by atoms with Crippen molar-refractivity contribution in [3.63, 3.8) is 0 Å². The number of nitrogens with zero attached hydrogens (tertiary/aromatic N) is 5. The first kappa shape index (κ1) is 13.5. The molecule has 0 aliphatic carbocycles. The third-order valence-electron chi connectivity index (χ3n) is 3.58. The van der Waals surface area contributed by atoms with Crippen LogP contribution in [0.1, 0.15) is 41.9 Å². The van der Waals surface area contributed by atoms with Gasteiger partial charge in [-0.1, -0.05) is 19.9 Å². The van der Waals surface area contributed by atoms with Crippen LogP contribution < -0.4 is 4.90 Å². The summed E-state index contributed by atoms with van der Waals surface area (Å²) in [7, 11) is 0. The Morgan fingerprint density at radius 3 is 2.81 bits per heavy atom. The molecule has 0 spiro atoms. The van der Waals surface area contributed by atoms with Crippen molar-refractivity contribution in [3.05, 3.63) is 35.5 Å². The van der Waals surface area contributed by atoms with Crippen molar-refractivity contribution in [3.8, 4) is 0 Å². The van der Waals surface area contributed by atoms with E-state index in [-0.39, 0.29) is 5.69 Å². The summed E-state index contributed by atoms with van der Waals surface area (Å²) in [6.45, 7) is 6.34. The summed E-state index contributed by atoms with van der Waals surface area (Å²) in [5, 5.41) is 17.5. The summed E-state index contributed by atoms with van der Waals surface area (Å²) >= 11 is 0. The molecule has 0 unspecified atom stereocenters. The Morgan fingerprint density at radius 1 is 1.29 bits per heavy atom. The second-order valence-electron chi connectivity index (χ2n) is 5.39. The van der Waals surface area contributed by atoms with Gasteiger partial charge in [0.25, 0.3) is 0 Å². The zero-order valence-corrected chi connectivity index (χ0v) is 12.0. The molecular formula is C14H17N5O2. The zero-order valence-electron chi connectivity index (χ0n) is 12.0. The van der Waals surface area contributed by atoms with Crippen molar-refractivity contribution in [2.75, 3.05) is 11.4 Å². The van der Waals surface area contributed by atoms with Gasteiger partial charge in [0, 0.05) is 19.0 Å². The van der Waals surface area contributed by atoms with Crippen LogP contribution in [0.2, 0.25) is 0 Å². The van der Waals surface area contributed by atoms with Crippen LogP contribution in [0.4, 0.5) is 5.82 Å². The Kier molecular flexibility index (Phi) is 3.32. The molecule has 0 atom stereocenters. The van der Waals surface area contributed by atoms with Gasteiger partial charge in [0.05, 0.1) is 6.54 Å². The van der Waals surface area contributed by atoms with E-state index in [0.29, 0.717) is 18.3 Å². The Bertz CT molecular complexity index is 680. The van der Waals surface area contributed by atoms with Gasteiger partial charge >= 0.3 is 5.97 Å². The van der Waals surface area contributed by atoms with Crippen molar-refractivity contribution in [1.82, 2.24) is 19.7 Å². The Morgan fingerprint density at radius 2 is 2.10 bits per heavy atom. The molecule has 1 N–H and O–H groups in total. The summed E-state index contributed by atoms with van der Waals surface area (Å²) in [6, 6.07) is 5.03. The molecular weight excluding hydrogens is 270 g/mol. The highest BCUT2D eigenvalue weighted by Crippen LogP contribution is 2.22.